The molecule has 1 aromatic carbocycles. The van der Waals surface area contributed by atoms with Gasteiger partial charge in [0.05, 0.1) is 0 Å². The molecule has 2 N–H and O–H groups in total. The highest BCUT2D eigenvalue weighted by Gasteiger charge is 2.13. The molecule has 0 bridgehead atoms. The van der Waals surface area contributed by atoms with Gasteiger partial charge in [0.1, 0.15) is 5.69 Å². The lowest BCUT2D eigenvalue weighted by atomic mass is 10.3. The maximum Gasteiger partial charge on any atom is 0.319 e. The molecule has 3 nitrogen and oxygen atoms in total. The summed E-state index contributed by atoms with van der Waals surface area (Å²) >= 11 is 2.95. The summed E-state index contributed by atoms with van der Waals surface area (Å²) in [7, 11) is 0. The summed E-state index contributed by atoms with van der Waals surface area (Å²) in [6.45, 7) is 3.49. The average molecular weight is 293 g/mol. The minimum Gasteiger partial charge on any atom is -0.336 e. The van der Waals surface area contributed by atoms with Crippen LogP contribution in [0, 0.1) is 11.6 Å². The van der Waals surface area contributed by atoms with Crippen LogP contribution in [-0.2, 0) is 0 Å². The minimum atomic E-state index is -0.828. The van der Waals surface area contributed by atoms with Crippen LogP contribution in [-0.4, -0.2) is 12.1 Å². The lowest BCUT2D eigenvalue weighted by Crippen LogP contribution is -2.34. The molecule has 1 aromatic rings. The second-order valence-electron chi connectivity index (χ2n) is 3.50. The Morgan fingerprint density at radius 3 is 2.25 bits per heavy atom. The first-order valence-electron chi connectivity index (χ1n) is 4.62. The Balaban J connectivity index is 2.85. The van der Waals surface area contributed by atoms with Gasteiger partial charge < -0.3 is 10.6 Å². The molecule has 0 saturated carbocycles. The fraction of sp³-hybridized carbons (Fsp3) is 0.300. The van der Waals surface area contributed by atoms with Crippen LogP contribution >= 0.6 is 15.9 Å². The zero-order chi connectivity index (χ0) is 12.3. The van der Waals surface area contributed by atoms with E-state index in [0.717, 1.165) is 12.1 Å². The van der Waals surface area contributed by atoms with Crippen molar-refractivity contribution in [2.75, 3.05) is 5.32 Å². The summed E-state index contributed by atoms with van der Waals surface area (Å²) in [6, 6.07) is 1.40. The van der Waals surface area contributed by atoms with E-state index in [0.29, 0.717) is 0 Å². The number of halogens is 3. The molecular weight excluding hydrogens is 282 g/mol. The van der Waals surface area contributed by atoms with Crippen molar-refractivity contribution in [2.24, 2.45) is 0 Å². The van der Waals surface area contributed by atoms with E-state index in [-0.39, 0.29) is 10.5 Å². The fourth-order valence-electron chi connectivity index (χ4n) is 1.07. The van der Waals surface area contributed by atoms with Crippen LogP contribution in [0.2, 0.25) is 0 Å². The zero-order valence-electron chi connectivity index (χ0n) is 8.77. The quantitative estimate of drug-likeness (QED) is 0.863. The second-order valence-corrected chi connectivity index (χ2v) is 4.41. The minimum absolute atomic E-state index is 0.110. The molecule has 1 rings (SSSR count). The molecule has 0 spiro atoms. The third-order valence-electron chi connectivity index (χ3n) is 1.67. The van der Waals surface area contributed by atoms with Gasteiger partial charge in [-0.1, -0.05) is 15.9 Å². The van der Waals surface area contributed by atoms with Crippen molar-refractivity contribution in [3.8, 4) is 0 Å². The number of nitrogens with one attached hydrogen (secondary N) is 2. The third-order valence-corrected chi connectivity index (χ3v) is 2.12. The predicted octanol–water partition coefficient (Wildman–Crippen LogP) is 3.26. The Bertz CT molecular complexity index is 387. The van der Waals surface area contributed by atoms with Crippen molar-refractivity contribution in [3.05, 3.63) is 28.2 Å². The molecule has 88 valence electrons. The summed E-state index contributed by atoms with van der Waals surface area (Å²) in [5.41, 5.74) is -0.457. The van der Waals surface area contributed by atoms with Gasteiger partial charge in [0.2, 0.25) is 0 Å². The topological polar surface area (TPSA) is 41.1 Å². The van der Waals surface area contributed by atoms with E-state index in [1.54, 1.807) is 13.8 Å². The molecule has 0 aliphatic heterocycles. The summed E-state index contributed by atoms with van der Waals surface area (Å²) in [5.74, 6) is -1.66. The van der Waals surface area contributed by atoms with Gasteiger partial charge in [0.25, 0.3) is 0 Å². The van der Waals surface area contributed by atoms with Gasteiger partial charge in [-0.15, -0.1) is 0 Å². The predicted molar refractivity (Wildman–Crippen MR) is 61.3 cm³/mol. The SMILES string of the molecule is CC(C)NC(=O)Nc1c(F)cc(Br)cc1F. The van der Waals surface area contributed by atoms with Crippen LogP contribution < -0.4 is 10.6 Å². The summed E-state index contributed by atoms with van der Waals surface area (Å²) in [5, 5.41) is 4.58. The highest BCUT2D eigenvalue weighted by molar-refractivity contribution is 9.10. The van der Waals surface area contributed by atoms with Crippen LogP contribution in [0.3, 0.4) is 0 Å². The van der Waals surface area contributed by atoms with Gasteiger partial charge in [-0.3, -0.25) is 0 Å². The van der Waals surface area contributed by atoms with Crippen molar-refractivity contribution >= 4 is 27.6 Å². The van der Waals surface area contributed by atoms with Crippen LogP contribution in [0.1, 0.15) is 13.8 Å². The van der Waals surface area contributed by atoms with Crippen molar-refractivity contribution in [1.29, 1.82) is 0 Å². The second kappa shape index (κ2) is 5.25. The summed E-state index contributed by atoms with van der Waals surface area (Å²) in [6.07, 6.45) is 0. The molecule has 16 heavy (non-hydrogen) atoms. The van der Waals surface area contributed by atoms with E-state index in [2.05, 4.69) is 26.6 Å². The molecule has 0 fully saturated rings. The lowest BCUT2D eigenvalue weighted by molar-refractivity contribution is 0.249. The van der Waals surface area contributed by atoms with Gasteiger partial charge in [-0.05, 0) is 26.0 Å². The Labute approximate surface area is 100 Å². The molecule has 0 heterocycles. The molecule has 0 atom stereocenters. The molecule has 6 heteroatoms. The van der Waals surface area contributed by atoms with E-state index in [1.807, 2.05) is 0 Å². The smallest absolute Gasteiger partial charge is 0.319 e. The van der Waals surface area contributed by atoms with Gasteiger partial charge in [0, 0.05) is 10.5 Å². The van der Waals surface area contributed by atoms with E-state index in [1.165, 1.54) is 0 Å². The number of urea groups is 1. The number of anilines is 1. The number of benzene rings is 1. The van der Waals surface area contributed by atoms with Crippen molar-refractivity contribution in [1.82, 2.24) is 5.32 Å². The van der Waals surface area contributed by atoms with E-state index < -0.39 is 23.4 Å². The Hall–Kier alpha value is -1.17. The lowest BCUT2D eigenvalue weighted by Gasteiger charge is -2.11. The molecule has 0 unspecified atom stereocenters. The van der Waals surface area contributed by atoms with Gasteiger partial charge in [-0.2, -0.15) is 0 Å². The number of carbonyl (C=O) groups excluding carboxylic acids is 1. The maximum absolute atomic E-state index is 13.3. The molecule has 0 radical (unpaired) electrons. The van der Waals surface area contributed by atoms with Gasteiger partial charge in [0.15, 0.2) is 11.6 Å². The fourth-order valence-corrected chi connectivity index (χ4v) is 1.48. The van der Waals surface area contributed by atoms with E-state index >= 15 is 0 Å². The van der Waals surface area contributed by atoms with Gasteiger partial charge >= 0.3 is 6.03 Å². The average Bonchev–Trinajstić information content (AvgIpc) is 2.09. The summed E-state index contributed by atoms with van der Waals surface area (Å²) < 4.78 is 26.9. The van der Waals surface area contributed by atoms with Crippen LogP contribution in [0.5, 0.6) is 0 Å². The summed E-state index contributed by atoms with van der Waals surface area (Å²) in [4.78, 5) is 11.2. The first-order chi connectivity index (χ1) is 7.40. The van der Waals surface area contributed by atoms with Crippen LogP contribution in [0.4, 0.5) is 19.3 Å². The van der Waals surface area contributed by atoms with Crippen molar-refractivity contribution < 1.29 is 13.6 Å². The molecule has 0 saturated heterocycles. The first-order valence-corrected chi connectivity index (χ1v) is 5.41. The highest BCUT2D eigenvalue weighted by atomic mass is 79.9. The van der Waals surface area contributed by atoms with Crippen LogP contribution in [0.15, 0.2) is 16.6 Å². The van der Waals surface area contributed by atoms with Gasteiger partial charge in [-0.25, -0.2) is 13.6 Å². The molecule has 0 aliphatic carbocycles. The maximum atomic E-state index is 13.3. The third kappa shape index (κ3) is 3.44. The Kier molecular flexibility index (Phi) is 4.23. The number of carbonyl (C=O) groups is 1. The normalized spacial score (nSPS) is 10.4. The number of rotatable bonds is 2. The monoisotopic (exact) mass is 292 g/mol. The van der Waals surface area contributed by atoms with E-state index in [4.69, 9.17) is 0 Å². The number of hydrogen-bond donors (Lipinski definition) is 2. The largest absolute Gasteiger partial charge is 0.336 e. The Morgan fingerprint density at radius 2 is 1.81 bits per heavy atom. The molecule has 0 aliphatic rings. The standard InChI is InChI=1S/C10H11BrF2N2O/c1-5(2)14-10(16)15-9-7(12)3-6(11)4-8(9)13/h3-5H,1-2H3,(H2,14,15,16). The Morgan fingerprint density at radius 1 is 1.31 bits per heavy atom. The van der Waals surface area contributed by atoms with E-state index in [9.17, 15) is 13.6 Å². The number of hydrogen-bond acceptors (Lipinski definition) is 1. The molecular formula is C10H11BrF2N2O. The van der Waals surface area contributed by atoms with Crippen molar-refractivity contribution in [3.63, 3.8) is 0 Å². The first kappa shape index (κ1) is 12.9. The van der Waals surface area contributed by atoms with Crippen molar-refractivity contribution in [2.45, 2.75) is 19.9 Å². The number of amides is 2. The molecule has 0 aromatic heterocycles. The highest BCUT2D eigenvalue weighted by Crippen LogP contribution is 2.23. The zero-order valence-corrected chi connectivity index (χ0v) is 10.4. The molecule has 2 amide bonds. The van der Waals surface area contributed by atoms with Crippen LogP contribution in [0.25, 0.3) is 0 Å².